The van der Waals surface area contributed by atoms with Crippen molar-refractivity contribution < 1.29 is 9.47 Å². The largest absolute Gasteiger partial charge is 0.495 e. The highest BCUT2D eigenvalue weighted by Gasteiger charge is 2.09. The molecule has 5 heteroatoms. The molecule has 1 fully saturated rings. The Balaban J connectivity index is 1.79. The Morgan fingerprint density at radius 3 is 2.89 bits per heavy atom. The fourth-order valence-electron chi connectivity index (χ4n) is 1.95. The van der Waals surface area contributed by atoms with Gasteiger partial charge < -0.3 is 14.8 Å². The minimum absolute atomic E-state index is 0.635. The molecule has 1 aliphatic rings. The molecule has 0 bridgehead atoms. The second-order valence-corrected chi connectivity index (χ2v) is 4.64. The number of hydrogen-bond acceptors (Lipinski definition) is 4. The SMILES string of the molecule is COc1cc(NCCN2CCOCC2)ccc1Cl. The van der Waals surface area contributed by atoms with Gasteiger partial charge in [0.1, 0.15) is 5.75 Å². The van der Waals surface area contributed by atoms with Crippen molar-refractivity contribution in [2.75, 3.05) is 51.8 Å². The lowest BCUT2D eigenvalue weighted by Crippen LogP contribution is -2.38. The molecule has 0 amide bonds. The normalized spacial score (nSPS) is 16.6. The Morgan fingerprint density at radius 2 is 2.17 bits per heavy atom. The molecule has 0 atom stereocenters. The first-order valence-electron chi connectivity index (χ1n) is 6.17. The van der Waals surface area contributed by atoms with Crippen LogP contribution in [0.4, 0.5) is 5.69 Å². The molecule has 4 nitrogen and oxygen atoms in total. The molecule has 1 aliphatic heterocycles. The van der Waals surface area contributed by atoms with Crippen molar-refractivity contribution in [1.29, 1.82) is 0 Å². The summed E-state index contributed by atoms with van der Waals surface area (Å²) in [5, 5.41) is 4.01. The summed E-state index contributed by atoms with van der Waals surface area (Å²) in [5.41, 5.74) is 1.03. The van der Waals surface area contributed by atoms with Gasteiger partial charge in [-0.2, -0.15) is 0 Å². The predicted molar refractivity (Wildman–Crippen MR) is 73.8 cm³/mol. The van der Waals surface area contributed by atoms with Crippen LogP contribution in [0.25, 0.3) is 0 Å². The van der Waals surface area contributed by atoms with Gasteiger partial charge in [0.25, 0.3) is 0 Å². The van der Waals surface area contributed by atoms with E-state index in [0.29, 0.717) is 10.8 Å². The van der Waals surface area contributed by atoms with Crippen LogP contribution in [0.3, 0.4) is 0 Å². The average molecular weight is 271 g/mol. The highest BCUT2D eigenvalue weighted by molar-refractivity contribution is 6.32. The number of rotatable bonds is 5. The molecule has 0 unspecified atom stereocenters. The summed E-state index contributed by atoms with van der Waals surface area (Å²) in [6, 6.07) is 5.73. The zero-order valence-corrected chi connectivity index (χ0v) is 11.4. The smallest absolute Gasteiger partial charge is 0.139 e. The summed E-state index contributed by atoms with van der Waals surface area (Å²) in [6.07, 6.45) is 0. The molecule has 100 valence electrons. The van der Waals surface area contributed by atoms with Crippen LogP contribution in [0.15, 0.2) is 18.2 Å². The number of methoxy groups -OCH3 is 1. The molecule has 2 rings (SSSR count). The molecule has 1 heterocycles. The first kappa shape index (κ1) is 13.5. The van der Waals surface area contributed by atoms with Crippen LogP contribution < -0.4 is 10.1 Å². The molecular formula is C13H19ClN2O2. The van der Waals surface area contributed by atoms with Gasteiger partial charge in [0, 0.05) is 37.9 Å². The topological polar surface area (TPSA) is 33.7 Å². The molecule has 0 aromatic heterocycles. The van der Waals surface area contributed by atoms with Crippen LogP contribution >= 0.6 is 11.6 Å². The minimum Gasteiger partial charge on any atom is -0.495 e. The van der Waals surface area contributed by atoms with Gasteiger partial charge in [0.05, 0.1) is 25.3 Å². The van der Waals surface area contributed by atoms with E-state index in [1.807, 2.05) is 18.2 Å². The van der Waals surface area contributed by atoms with Gasteiger partial charge in [-0.3, -0.25) is 4.90 Å². The van der Waals surface area contributed by atoms with Crippen molar-refractivity contribution in [2.24, 2.45) is 0 Å². The monoisotopic (exact) mass is 270 g/mol. The fourth-order valence-corrected chi connectivity index (χ4v) is 2.15. The molecule has 18 heavy (non-hydrogen) atoms. The van der Waals surface area contributed by atoms with Crippen molar-refractivity contribution >= 4 is 17.3 Å². The van der Waals surface area contributed by atoms with Gasteiger partial charge in [-0.05, 0) is 12.1 Å². The van der Waals surface area contributed by atoms with Gasteiger partial charge in [-0.1, -0.05) is 11.6 Å². The number of benzene rings is 1. The third-order valence-corrected chi connectivity index (χ3v) is 3.32. The summed E-state index contributed by atoms with van der Waals surface area (Å²) in [5.74, 6) is 0.702. The van der Waals surface area contributed by atoms with Gasteiger partial charge in [-0.25, -0.2) is 0 Å². The third kappa shape index (κ3) is 3.77. The van der Waals surface area contributed by atoms with E-state index in [1.165, 1.54) is 0 Å². The Kier molecular flexibility index (Phi) is 5.11. The maximum Gasteiger partial charge on any atom is 0.139 e. The number of halogens is 1. The maximum absolute atomic E-state index is 5.98. The highest BCUT2D eigenvalue weighted by atomic mass is 35.5. The molecule has 0 radical (unpaired) electrons. The Hall–Kier alpha value is -0.970. The number of nitrogens with one attached hydrogen (secondary N) is 1. The van der Waals surface area contributed by atoms with E-state index >= 15 is 0 Å². The zero-order valence-electron chi connectivity index (χ0n) is 10.6. The molecule has 0 saturated carbocycles. The highest BCUT2D eigenvalue weighted by Crippen LogP contribution is 2.27. The minimum atomic E-state index is 0.635. The van der Waals surface area contributed by atoms with E-state index in [0.717, 1.165) is 45.1 Å². The van der Waals surface area contributed by atoms with Crippen LogP contribution in [-0.4, -0.2) is 51.4 Å². The van der Waals surface area contributed by atoms with Gasteiger partial charge in [0.15, 0.2) is 0 Å². The fraction of sp³-hybridized carbons (Fsp3) is 0.538. The lowest BCUT2D eigenvalue weighted by atomic mass is 10.3. The van der Waals surface area contributed by atoms with E-state index in [2.05, 4.69) is 10.2 Å². The molecule has 1 aromatic rings. The Bertz CT molecular complexity index is 381. The summed E-state index contributed by atoms with van der Waals surface area (Å²) in [6.45, 7) is 5.65. The number of ether oxygens (including phenoxy) is 2. The number of anilines is 1. The molecule has 0 aliphatic carbocycles. The number of nitrogens with zero attached hydrogens (tertiary/aromatic N) is 1. The lowest BCUT2D eigenvalue weighted by molar-refractivity contribution is 0.0398. The molecule has 1 aromatic carbocycles. The first-order valence-corrected chi connectivity index (χ1v) is 6.55. The van der Waals surface area contributed by atoms with Crippen molar-refractivity contribution in [3.05, 3.63) is 23.2 Å². The van der Waals surface area contributed by atoms with Crippen LogP contribution in [0.1, 0.15) is 0 Å². The quantitative estimate of drug-likeness (QED) is 0.888. The Labute approximate surface area is 113 Å². The molecule has 1 saturated heterocycles. The van der Waals surface area contributed by atoms with Crippen LogP contribution in [0, 0.1) is 0 Å². The maximum atomic E-state index is 5.98. The van der Waals surface area contributed by atoms with E-state index in [1.54, 1.807) is 7.11 Å². The van der Waals surface area contributed by atoms with Crippen LogP contribution in [0.5, 0.6) is 5.75 Å². The Morgan fingerprint density at radius 1 is 1.39 bits per heavy atom. The third-order valence-electron chi connectivity index (χ3n) is 3.01. The van der Waals surface area contributed by atoms with E-state index in [-0.39, 0.29) is 0 Å². The molecular weight excluding hydrogens is 252 g/mol. The van der Waals surface area contributed by atoms with E-state index < -0.39 is 0 Å². The standard InChI is InChI=1S/C13H19ClN2O2/c1-17-13-10-11(2-3-12(13)14)15-4-5-16-6-8-18-9-7-16/h2-3,10,15H,4-9H2,1H3. The number of morpholine rings is 1. The number of hydrogen-bond donors (Lipinski definition) is 1. The van der Waals surface area contributed by atoms with Gasteiger partial charge in [0.2, 0.25) is 0 Å². The average Bonchev–Trinajstić information content (AvgIpc) is 2.42. The zero-order chi connectivity index (χ0) is 12.8. The second kappa shape index (κ2) is 6.83. The van der Waals surface area contributed by atoms with Crippen LogP contribution in [0.2, 0.25) is 5.02 Å². The summed E-state index contributed by atoms with van der Waals surface area (Å²) in [4.78, 5) is 2.39. The van der Waals surface area contributed by atoms with E-state index in [4.69, 9.17) is 21.1 Å². The first-order chi connectivity index (χ1) is 8.79. The molecule has 0 spiro atoms. The van der Waals surface area contributed by atoms with E-state index in [9.17, 15) is 0 Å². The lowest BCUT2D eigenvalue weighted by Gasteiger charge is -2.26. The van der Waals surface area contributed by atoms with Gasteiger partial charge in [-0.15, -0.1) is 0 Å². The van der Waals surface area contributed by atoms with Crippen molar-refractivity contribution in [1.82, 2.24) is 4.90 Å². The van der Waals surface area contributed by atoms with Gasteiger partial charge >= 0.3 is 0 Å². The predicted octanol–water partition coefficient (Wildman–Crippen LogP) is 2.09. The summed E-state index contributed by atoms with van der Waals surface area (Å²) < 4.78 is 10.5. The second-order valence-electron chi connectivity index (χ2n) is 4.23. The molecule has 1 N–H and O–H groups in total. The summed E-state index contributed by atoms with van der Waals surface area (Å²) >= 11 is 5.98. The van der Waals surface area contributed by atoms with Crippen LogP contribution in [-0.2, 0) is 4.74 Å². The van der Waals surface area contributed by atoms with Crippen molar-refractivity contribution in [3.63, 3.8) is 0 Å². The van der Waals surface area contributed by atoms with Crippen molar-refractivity contribution in [2.45, 2.75) is 0 Å². The van der Waals surface area contributed by atoms with Crippen molar-refractivity contribution in [3.8, 4) is 5.75 Å². The summed E-state index contributed by atoms with van der Waals surface area (Å²) in [7, 11) is 1.62.